The van der Waals surface area contributed by atoms with Crippen molar-refractivity contribution in [1.82, 2.24) is 4.57 Å². The molecule has 0 saturated heterocycles. The summed E-state index contributed by atoms with van der Waals surface area (Å²) >= 11 is 0. The van der Waals surface area contributed by atoms with Gasteiger partial charge in [0, 0.05) is 41.6 Å². The summed E-state index contributed by atoms with van der Waals surface area (Å²) in [6.45, 7) is 7.99. The van der Waals surface area contributed by atoms with Crippen LogP contribution in [-0.4, -0.2) is 21.9 Å². The lowest BCUT2D eigenvalue weighted by Gasteiger charge is -2.39. The van der Waals surface area contributed by atoms with E-state index < -0.39 is 17.5 Å². The molecule has 184 valence electrons. The monoisotopic (exact) mass is 491 g/mol. The van der Waals surface area contributed by atoms with Gasteiger partial charge in [0.05, 0.1) is 17.0 Å². The van der Waals surface area contributed by atoms with Gasteiger partial charge in [-0.25, -0.2) is 0 Å². The Hall–Kier alpha value is -4.32. The summed E-state index contributed by atoms with van der Waals surface area (Å²) < 4.78 is 7.73. The number of hydrogen-bond acceptors (Lipinski definition) is 5. The zero-order valence-corrected chi connectivity index (χ0v) is 20.7. The Bertz CT molecular complexity index is 1700. The van der Waals surface area contributed by atoms with Crippen LogP contribution < -0.4 is 5.56 Å². The second-order valence-electron chi connectivity index (χ2n) is 10.6. The fourth-order valence-corrected chi connectivity index (χ4v) is 5.87. The molecule has 1 unspecified atom stereocenters. The van der Waals surface area contributed by atoms with Gasteiger partial charge in [0.1, 0.15) is 5.76 Å². The Balaban J connectivity index is 1.69. The highest BCUT2D eigenvalue weighted by atomic mass is 16.5. The molecule has 0 radical (unpaired) electrons. The topological polar surface area (TPSA) is 82.4 Å². The average molecular weight is 492 g/mol. The molecule has 0 bridgehead atoms. The van der Waals surface area contributed by atoms with E-state index in [0.29, 0.717) is 17.8 Å². The van der Waals surface area contributed by atoms with Crippen LogP contribution in [0.2, 0.25) is 0 Å². The molecule has 0 saturated carbocycles. The summed E-state index contributed by atoms with van der Waals surface area (Å²) in [5.41, 5.74) is 1.16. The molecular weight excluding hydrogens is 466 g/mol. The molecule has 6 nitrogen and oxygen atoms in total. The second-order valence-corrected chi connectivity index (χ2v) is 10.6. The van der Waals surface area contributed by atoms with Crippen LogP contribution in [0.4, 0.5) is 0 Å². The van der Waals surface area contributed by atoms with Crippen molar-refractivity contribution in [3.63, 3.8) is 0 Å². The van der Waals surface area contributed by atoms with Crippen LogP contribution in [0.3, 0.4) is 0 Å². The number of Topliss-reactive ketones (excluding diaryl/α,β-unsaturated/α-hetero) is 3. The van der Waals surface area contributed by atoms with E-state index in [1.54, 1.807) is 41.0 Å². The van der Waals surface area contributed by atoms with Crippen molar-refractivity contribution in [3.05, 3.63) is 117 Å². The van der Waals surface area contributed by atoms with Crippen LogP contribution in [0.15, 0.2) is 94.7 Å². The van der Waals surface area contributed by atoms with Gasteiger partial charge in [0.15, 0.2) is 17.3 Å². The van der Waals surface area contributed by atoms with Crippen molar-refractivity contribution in [2.45, 2.75) is 39.2 Å². The highest BCUT2D eigenvalue weighted by Gasteiger charge is 2.49. The standard InChI is InChI=1S/C31H25NO5/c1-4-13-32-21-12-8-5-9-17(21)14-20(30(32)36)24-25-22(33)15-31(2,3)16-23(25)37-29-26(24)27(34)18-10-6-7-11-19(18)28(29)35/h4-12,14,24H,1,13,15-16H2,2-3H3. The predicted molar refractivity (Wildman–Crippen MR) is 139 cm³/mol. The number of pyridine rings is 1. The average Bonchev–Trinajstić information content (AvgIpc) is 2.87. The van der Waals surface area contributed by atoms with E-state index in [2.05, 4.69) is 6.58 Å². The number of ether oxygens (including phenoxy) is 1. The number of carbonyl (C=O) groups excluding carboxylic acids is 3. The van der Waals surface area contributed by atoms with Gasteiger partial charge in [-0.1, -0.05) is 62.4 Å². The Morgan fingerprint density at radius 1 is 0.946 bits per heavy atom. The summed E-state index contributed by atoms with van der Waals surface area (Å²) in [6.07, 6.45) is 2.30. The number of allylic oxidation sites excluding steroid dienone is 5. The summed E-state index contributed by atoms with van der Waals surface area (Å²) in [6, 6.07) is 15.8. The molecule has 2 heterocycles. The fraction of sp³-hybridized carbons (Fsp3) is 0.226. The molecule has 1 atom stereocenters. The van der Waals surface area contributed by atoms with Crippen molar-refractivity contribution < 1.29 is 19.1 Å². The number of ketones is 3. The van der Waals surface area contributed by atoms with Crippen LogP contribution in [0.5, 0.6) is 0 Å². The third kappa shape index (κ3) is 3.39. The molecule has 1 aliphatic heterocycles. The maximum absolute atomic E-state index is 14.0. The normalized spacial score (nSPS) is 20.4. The maximum atomic E-state index is 14.0. The minimum absolute atomic E-state index is 0.0630. The van der Waals surface area contributed by atoms with Crippen LogP contribution in [0.1, 0.15) is 58.9 Å². The third-order valence-corrected chi connectivity index (χ3v) is 7.45. The largest absolute Gasteiger partial charge is 0.457 e. The second kappa shape index (κ2) is 8.10. The molecule has 37 heavy (non-hydrogen) atoms. The number of carbonyl (C=O) groups is 3. The van der Waals surface area contributed by atoms with Gasteiger partial charge >= 0.3 is 0 Å². The van der Waals surface area contributed by atoms with E-state index in [4.69, 9.17) is 4.74 Å². The van der Waals surface area contributed by atoms with Crippen molar-refractivity contribution in [3.8, 4) is 0 Å². The Morgan fingerprint density at radius 2 is 1.62 bits per heavy atom. The first-order valence-corrected chi connectivity index (χ1v) is 12.3. The van der Waals surface area contributed by atoms with Gasteiger partial charge in [-0.3, -0.25) is 19.2 Å². The van der Waals surface area contributed by atoms with Crippen molar-refractivity contribution in [2.24, 2.45) is 5.41 Å². The fourth-order valence-electron chi connectivity index (χ4n) is 5.87. The number of benzene rings is 2. The molecule has 1 aromatic heterocycles. The summed E-state index contributed by atoms with van der Waals surface area (Å²) in [5.74, 6) is -1.70. The van der Waals surface area contributed by atoms with E-state index in [1.807, 2.05) is 38.1 Å². The Labute approximate surface area is 213 Å². The van der Waals surface area contributed by atoms with Gasteiger partial charge in [-0.2, -0.15) is 0 Å². The molecule has 2 aliphatic carbocycles. The Kier molecular flexibility index (Phi) is 5.06. The summed E-state index contributed by atoms with van der Waals surface area (Å²) in [4.78, 5) is 55.2. The lowest BCUT2D eigenvalue weighted by molar-refractivity contribution is -0.119. The van der Waals surface area contributed by atoms with Gasteiger partial charge in [0.2, 0.25) is 5.78 Å². The van der Waals surface area contributed by atoms with Crippen molar-refractivity contribution in [2.75, 3.05) is 0 Å². The van der Waals surface area contributed by atoms with Crippen molar-refractivity contribution >= 4 is 28.3 Å². The van der Waals surface area contributed by atoms with Gasteiger partial charge < -0.3 is 9.30 Å². The molecule has 3 aliphatic rings. The minimum Gasteiger partial charge on any atom is -0.457 e. The molecule has 0 amide bonds. The summed E-state index contributed by atoms with van der Waals surface area (Å²) in [7, 11) is 0. The highest BCUT2D eigenvalue weighted by molar-refractivity contribution is 6.27. The molecule has 2 aromatic carbocycles. The molecule has 0 spiro atoms. The maximum Gasteiger partial charge on any atom is 0.255 e. The molecule has 6 rings (SSSR count). The zero-order chi connectivity index (χ0) is 26.1. The van der Waals surface area contributed by atoms with E-state index in [9.17, 15) is 19.2 Å². The number of fused-ring (bicyclic) bond motifs is 2. The molecule has 3 aromatic rings. The van der Waals surface area contributed by atoms with E-state index in [1.165, 1.54) is 0 Å². The smallest absolute Gasteiger partial charge is 0.255 e. The van der Waals surface area contributed by atoms with Crippen LogP contribution in [0, 0.1) is 5.41 Å². The number of rotatable bonds is 3. The molecule has 6 heteroatoms. The summed E-state index contributed by atoms with van der Waals surface area (Å²) in [5, 5.41) is 0.785. The van der Waals surface area contributed by atoms with E-state index in [-0.39, 0.29) is 57.7 Å². The number of para-hydroxylation sites is 1. The highest BCUT2D eigenvalue weighted by Crippen LogP contribution is 2.50. The molecule has 0 N–H and O–H groups in total. The number of hydrogen-bond donors (Lipinski definition) is 0. The SMILES string of the molecule is C=CCn1c(=O)c(C2C3=C(CC(C)(C)CC3=O)OC3=C2C(=O)c2ccccc2C3=O)cc2ccccc21. The first-order chi connectivity index (χ1) is 17.7. The molecule has 0 fully saturated rings. The van der Waals surface area contributed by atoms with E-state index >= 15 is 0 Å². The number of nitrogens with zero attached hydrogens (tertiary/aromatic N) is 1. The first-order valence-electron chi connectivity index (χ1n) is 12.3. The first kappa shape index (κ1) is 23.1. The molecular formula is C31H25NO5. The minimum atomic E-state index is -1.000. The van der Waals surface area contributed by atoms with E-state index in [0.717, 1.165) is 10.9 Å². The quantitative estimate of drug-likeness (QED) is 0.466. The van der Waals surface area contributed by atoms with Crippen LogP contribution >= 0.6 is 0 Å². The van der Waals surface area contributed by atoms with Crippen molar-refractivity contribution in [1.29, 1.82) is 0 Å². The van der Waals surface area contributed by atoms with Crippen LogP contribution in [-0.2, 0) is 16.1 Å². The Morgan fingerprint density at radius 3 is 2.35 bits per heavy atom. The third-order valence-electron chi connectivity index (χ3n) is 7.45. The predicted octanol–water partition coefficient (Wildman–Crippen LogP) is 5.28. The lowest BCUT2D eigenvalue weighted by Crippen LogP contribution is -2.39. The number of aromatic nitrogens is 1. The zero-order valence-electron chi connectivity index (χ0n) is 20.7. The van der Waals surface area contributed by atoms with Gasteiger partial charge in [-0.05, 0) is 22.9 Å². The van der Waals surface area contributed by atoms with Crippen LogP contribution in [0.25, 0.3) is 10.9 Å². The van der Waals surface area contributed by atoms with Gasteiger partial charge in [-0.15, -0.1) is 6.58 Å². The van der Waals surface area contributed by atoms with Gasteiger partial charge in [0.25, 0.3) is 5.56 Å². The lowest BCUT2D eigenvalue weighted by atomic mass is 9.67.